The maximum atomic E-state index is 10.9. The first kappa shape index (κ1) is 33.4. The standard InChI is InChI=1S/C40H42O10/c1-21-36(22-6-10-28(41)33(17-22)46-3)50-39(25-9-13-32(45-2)31(44)16-25)40(21)15-14-26-27(20-40)38(24-8-12-30(43)35(19-24)48-5)49-37(26)23-7-11-29(42)34(18-23)47-4/h6-13,16-19,21,36-39,41-44H,14-15,20H2,1-5H3/t21-,36-,37-,38+,39-,40+/m0/s1. The molecule has 2 aliphatic heterocycles. The van der Waals surface area contributed by atoms with Crippen LogP contribution in [0.3, 0.4) is 0 Å². The van der Waals surface area contributed by atoms with Gasteiger partial charge in [0, 0.05) is 5.41 Å². The molecular formula is C40H42O10. The van der Waals surface area contributed by atoms with Crippen molar-refractivity contribution in [3.63, 3.8) is 0 Å². The minimum Gasteiger partial charge on any atom is -0.504 e. The number of aromatic hydroxyl groups is 4. The van der Waals surface area contributed by atoms with E-state index in [1.54, 1.807) is 30.3 Å². The fourth-order valence-electron chi connectivity index (χ4n) is 8.29. The normalized spacial score (nSPS) is 25.8. The minimum atomic E-state index is -0.466. The highest BCUT2D eigenvalue weighted by molar-refractivity contribution is 5.51. The quantitative estimate of drug-likeness (QED) is 0.136. The Labute approximate surface area is 291 Å². The van der Waals surface area contributed by atoms with Crippen LogP contribution in [0.1, 0.15) is 72.9 Å². The van der Waals surface area contributed by atoms with Crippen LogP contribution in [0, 0.1) is 11.3 Å². The Bertz CT molecular complexity index is 1950. The predicted octanol–water partition coefficient (Wildman–Crippen LogP) is 7.97. The van der Waals surface area contributed by atoms with Gasteiger partial charge in [0.25, 0.3) is 0 Å². The van der Waals surface area contributed by atoms with Gasteiger partial charge in [0.05, 0.1) is 40.6 Å². The molecule has 6 atom stereocenters. The van der Waals surface area contributed by atoms with Gasteiger partial charge in [-0.3, -0.25) is 0 Å². The number of benzene rings is 4. The number of rotatable bonds is 8. The van der Waals surface area contributed by atoms with Crippen LogP contribution < -0.4 is 18.9 Å². The summed E-state index contributed by atoms with van der Waals surface area (Å²) in [5.41, 5.74) is 5.22. The van der Waals surface area contributed by atoms with Gasteiger partial charge in [-0.25, -0.2) is 0 Å². The Kier molecular flexibility index (Phi) is 8.69. The van der Waals surface area contributed by atoms with E-state index in [4.69, 9.17) is 28.4 Å². The van der Waals surface area contributed by atoms with Gasteiger partial charge in [0.1, 0.15) is 12.2 Å². The molecule has 0 aromatic heterocycles. The topological polar surface area (TPSA) is 136 Å². The van der Waals surface area contributed by atoms with Gasteiger partial charge in [-0.1, -0.05) is 31.2 Å². The molecule has 0 bridgehead atoms. The predicted molar refractivity (Wildman–Crippen MR) is 184 cm³/mol. The van der Waals surface area contributed by atoms with E-state index in [2.05, 4.69) is 6.92 Å². The summed E-state index contributed by atoms with van der Waals surface area (Å²) in [6, 6.07) is 21.3. The largest absolute Gasteiger partial charge is 0.504 e. The van der Waals surface area contributed by atoms with E-state index in [9.17, 15) is 20.4 Å². The third kappa shape index (κ3) is 5.43. The Hall–Kier alpha value is -5.06. The first-order chi connectivity index (χ1) is 24.1. The highest BCUT2D eigenvalue weighted by Gasteiger charge is 2.58. The number of methoxy groups -OCH3 is 4. The van der Waals surface area contributed by atoms with E-state index >= 15 is 0 Å². The summed E-state index contributed by atoms with van der Waals surface area (Å²) in [5, 5.41) is 42.1. The second-order valence-electron chi connectivity index (χ2n) is 13.3. The molecule has 10 nitrogen and oxygen atoms in total. The molecular weight excluding hydrogens is 640 g/mol. The number of hydrogen-bond donors (Lipinski definition) is 4. The van der Waals surface area contributed by atoms with Gasteiger partial charge in [0.2, 0.25) is 0 Å². The van der Waals surface area contributed by atoms with Crippen molar-refractivity contribution < 1.29 is 48.8 Å². The lowest BCUT2D eigenvalue weighted by molar-refractivity contribution is 0.00311. The van der Waals surface area contributed by atoms with E-state index in [0.29, 0.717) is 35.8 Å². The number of ether oxygens (including phenoxy) is 6. The van der Waals surface area contributed by atoms with Crippen molar-refractivity contribution in [3.8, 4) is 46.0 Å². The van der Waals surface area contributed by atoms with Gasteiger partial charge >= 0.3 is 0 Å². The van der Waals surface area contributed by atoms with E-state index in [-0.39, 0.29) is 35.0 Å². The van der Waals surface area contributed by atoms with Crippen LogP contribution in [0.15, 0.2) is 83.9 Å². The van der Waals surface area contributed by atoms with E-state index < -0.39 is 23.7 Å². The molecule has 4 N–H and O–H groups in total. The molecule has 3 aliphatic rings. The molecule has 7 rings (SSSR count). The highest BCUT2D eigenvalue weighted by atomic mass is 16.5. The number of phenols is 4. The summed E-state index contributed by atoms with van der Waals surface area (Å²) >= 11 is 0. The van der Waals surface area contributed by atoms with Gasteiger partial charge < -0.3 is 48.8 Å². The second-order valence-corrected chi connectivity index (χ2v) is 13.3. The van der Waals surface area contributed by atoms with Crippen molar-refractivity contribution in [1.82, 2.24) is 0 Å². The summed E-state index contributed by atoms with van der Waals surface area (Å²) in [7, 11) is 6.08. The number of hydrogen-bond acceptors (Lipinski definition) is 10. The zero-order valence-corrected chi connectivity index (χ0v) is 28.7. The molecule has 10 heteroatoms. The minimum absolute atomic E-state index is 0.0251. The molecule has 4 aromatic carbocycles. The van der Waals surface area contributed by atoms with Crippen LogP contribution >= 0.6 is 0 Å². The Morgan fingerprint density at radius 2 is 1.06 bits per heavy atom. The van der Waals surface area contributed by atoms with E-state index in [0.717, 1.165) is 39.8 Å². The van der Waals surface area contributed by atoms with Gasteiger partial charge in [-0.15, -0.1) is 0 Å². The van der Waals surface area contributed by atoms with Gasteiger partial charge in [-0.2, -0.15) is 0 Å². The molecule has 4 aromatic rings. The molecule has 1 aliphatic carbocycles. The molecule has 2 heterocycles. The van der Waals surface area contributed by atoms with Crippen LogP contribution in [-0.4, -0.2) is 48.9 Å². The third-order valence-corrected chi connectivity index (χ3v) is 10.9. The van der Waals surface area contributed by atoms with Crippen molar-refractivity contribution in [2.24, 2.45) is 11.3 Å². The maximum Gasteiger partial charge on any atom is 0.160 e. The first-order valence-electron chi connectivity index (χ1n) is 16.6. The Morgan fingerprint density at radius 1 is 0.560 bits per heavy atom. The van der Waals surface area contributed by atoms with Crippen molar-refractivity contribution >= 4 is 0 Å². The van der Waals surface area contributed by atoms with Crippen molar-refractivity contribution in [3.05, 3.63) is 106 Å². The van der Waals surface area contributed by atoms with Crippen molar-refractivity contribution in [2.75, 3.05) is 28.4 Å². The first-order valence-corrected chi connectivity index (χ1v) is 16.6. The fourth-order valence-corrected chi connectivity index (χ4v) is 8.29. The molecule has 0 saturated carbocycles. The van der Waals surface area contributed by atoms with Crippen LogP contribution in [0.4, 0.5) is 0 Å². The summed E-state index contributed by atoms with van der Waals surface area (Å²) in [6.07, 6.45) is 0.436. The summed E-state index contributed by atoms with van der Waals surface area (Å²) in [4.78, 5) is 0. The van der Waals surface area contributed by atoms with Crippen LogP contribution in [0.5, 0.6) is 46.0 Å². The molecule has 262 valence electrons. The van der Waals surface area contributed by atoms with Crippen molar-refractivity contribution in [2.45, 2.75) is 50.6 Å². The molecule has 50 heavy (non-hydrogen) atoms. The second kappa shape index (κ2) is 13.0. The highest BCUT2D eigenvalue weighted by Crippen LogP contribution is 2.67. The molecule has 1 spiro atoms. The lowest BCUT2D eigenvalue weighted by Crippen LogP contribution is -2.34. The van der Waals surface area contributed by atoms with Crippen LogP contribution in [-0.2, 0) is 9.47 Å². The summed E-state index contributed by atoms with van der Waals surface area (Å²) in [6.45, 7) is 2.20. The smallest absolute Gasteiger partial charge is 0.160 e. The van der Waals surface area contributed by atoms with Crippen LogP contribution in [0.2, 0.25) is 0 Å². The monoisotopic (exact) mass is 682 g/mol. The lowest BCUT2D eigenvalue weighted by Gasteiger charge is -2.42. The third-order valence-electron chi connectivity index (χ3n) is 10.9. The van der Waals surface area contributed by atoms with Crippen molar-refractivity contribution in [1.29, 1.82) is 0 Å². The number of phenolic OH excluding ortho intramolecular Hbond substituents is 4. The molecule has 1 fully saturated rings. The maximum absolute atomic E-state index is 10.9. The van der Waals surface area contributed by atoms with E-state index in [1.165, 1.54) is 28.4 Å². The van der Waals surface area contributed by atoms with Gasteiger partial charge in [-0.05, 0) is 107 Å². The molecule has 0 amide bonds. The molecule has 0 radical (unpaired) electrons. The average Bonchev–Trinajstić information content (AvgIpc) is 3.63. The Morgan fingerprint density at radius 3 is 1.60 bits per heavy atom. The SMILES string of the molecule is COc1ccc([C@@H]2O[C@H](c3ccc(O)c(OC)c3)[C@H](C)[C@]23CCC2=C(C3)[C@@H](c3ccc(O)c(OC)c3)O[C@H]2c2ccc(O)c(OC)c2)cc1O. The summed E-state index contributed by atoms with van der Waals surface area (Å²) in [5.74, 6) is 1.58. The van der Waals surface area contributed by atoms with E-state index in [1.807, 2.05) is 42.5 Å². The molecule has 0 unspecified atom stereocenters. The fraction of sp³-hybridized carbons (Fsp3) is 0.350. The molecule has 1 saturated heterocycles. The average molecular weight is 683 g/mol. The zero-order chi connectivity index (χ0) is 35.3. The zero-order valence-electron chi connectivity index (χ0n) is 28.7. The van der Waals surface area contributed by atoms with Crippen LogP contribution in [0.25, 0.3) is 0 Å². The Balaban J connectivity index is 1.37. The summed E-state index contributed by atoms with van der Waals surface area (Å²) < 4.78 is 35.8. The van der Waals surface area contributed by atoms with Gasteiger partial charge in [0.15, 0.2) is 46.0 Å². The lowest BCUT2D eigenvalue weighted by atomic mass is 9.59.